The molecule has 2 rings (SSSR count). The minimum Gasteiger partial charge on any atom is -0.373 e. The van der Waals surface area contributed by atoms with E-state index in [4.69, 9.17) is 0 Å². The van der Waals surface area contributed by atoms with Crippen molar-refractivity contribution >= 4 is 0 Å². The molecular formula is C10H10N3O. The number of aliphatic hydroxyl groups is 1. The Bertz CT molecular complexity index is 408. The van der Waals surface area contributed by atoms with Crippen molar-refractivity contribution in [3.8, 4) is 11.3 Å². The van der Waals surface area contributed by atoms with Crippen LogP contribution in [0.2, 0.25) is 0 Å². The number of aromatic nitrogens is 3. The van der Waals surface area contributed by atoms with Crippen molar-refractivity contribution in [2.45, 2.75) is 6.23 Å². The maximum absolute atomic E-state index is 9.18. The summed E-state index contributed by atoms with van der Waals surface area (Å²) in [7, 11) is 0. The number of rotatable bonds is 2. The number of aliphatic hydroxyl groups excluding tert-OH is 1. The quantitative estimate of drug-likeness (QED) is 0.772. The monoisotopic (exact) mass is 188 g/mol. The van der Waals surface area contributed by atoms with E-state index < -0.39 is 6.23 Å². The summed E-state index contributed by atoms with van der Waals surface area (Å²) >= 11 is 0. The molecule has 0 saturated heterocycles. The molecule has 4 heteroatoms. The van der Waals surface area contributed by atoms with Gasteiger partial charge in [0.1, 0.15) is 6.23 Å². The fraction of sp³-hybridized carbons (Fsp3) is 0.100. The lowest BCUT2D eigenvalue weighted by Crippen LogP contribution is -1.99. The molecule has 0 amide bonds. The molecule has 0 fully saturated rings. The van der Waals surface area contributed by atoms with Gasteiger partial charge < -0.3 is 9.67 Å². The molecule has 2 heterocycles. The fourth-order valence-corrected chi connectivity index (χ4v) is 1.16. The van der Waals surface area contributed by atoms with Crippen molar-refractivity contribution < 1.29 is 5.11 Å². The van der Waals surface area contributed by atoms with Crippen LogP contribution in [0.4, 0.5) is 0 Å². The second kappa shape index (κ2) is 3.59. The molecule has 0 aliphatic carbocycles. The van der Waals surface area contributed by atoms with E-state index in [-0.39, 0.29) is 0 Å². The van der Waals surface area contributed by atoms with Crippen molar-refractivity contribution in [3.05, 3.63) is 44.0 Å². The molecule has 0 spiro atoms. The third-order valence-electron chi connectivity index (χ3n) is 1.90. The molecule has 71 valence electrons. The van der Waals surface area contributed by atoms with E-state index >= 15 is 0 Å². The zero-order chi connectivity index (χ0) is 9.97. The molecule has 2 aromatic heterocycles. The smallest absolute Gasteiger partial charge is 0.131 e. The minimum atomic E-state index is -0.798. The molecule has 1 unspecified atom stereocenters. The topological polar surface area (TPSA) is 50.9 Å². The first-order chi connectivity index (χ1) is 6.77. The lowest BCUT2D eigenvalue weighted by atomic mass is 10.2. The Balaban J connectivity index is 2.34. The number of imidazole rings is 1. The Morgan fingerprint density at radius 2 is 2.36 bits per heavy atom. The number of nitrogens with zero attached hydrogens (tertiary/aromatic N) is 3. The number of hydrogen-bond acceptors (Lipinski definition) is 3. The summed E-state index contributed by atoms with van der Waals surface area (Å²) in [6.07, 6.45) is 5.90. The fourth-order valence-electron chi connectivity index (χ4n) is 1.16. The first-order valence-electron chi connectivity index (χ1n) is 4.22. The molecule has 14 heavy (non-hydrogen) atoms. The van der Waals surface area contributed by atoms with Gasteiger partial charge in [-0.25, -0.2) is 4.98 Å². The van der Waals surface area contributed by atoms with E-state index in [1.165, 1.54) is 4.57 Å². The van der Waals surface area contributed by atoms with Gasteiger partial charge in [-0.2, -0.15) is 0 Å². The van der Waals surface area contributed by atoms with Crippen LogP contribution >= 0.6 is 0 Å². The maximum atomic E-state index is 9.18. The molecule has 0 aliphatic heterocycles. The Morgan fingerprint density at radius 3 is 2.93 bits per heavy atom. The van der Waals surface area contributed by atoms with Crippen molar-refractivity contribution in [1.82, 2.24) is 14.5 Å². The van der Waals surface area contributed by atoms with Crippen LogP contribution in [0.15, 0.2) is 37.1 Å². The Labute approximate surface area is 81.9 Å². The molecule has 0 aliphatic rings. The van der Waals surface area contributed by atoms with Crippen LogP contribution in [0.5, 0.6) is 0 Å². The van der Waals surface area contributed by atoms with E-state index in [1.807, 2.05) is 12.1 Å². The van der Waals surface area contributed by atoms with Gasteiger partial charge in [0.15, 0.2) is 0 Å². The summed E-state index contributed by atoms with van der Waals surface area (Å²) in [6.45, 7) is 3.48. The van der Waals surface area contributed by atoms with E-state index in [9.17, 15) is 5.11 Å². The van der Waals surface area contributed by atoms with Crippen LogP contribution in [0.3, 0.4) is 0 Å². The van der Waals surface area contributed by atoms with Crippen LogP contribution in [-0.4, -0.2) is 19.6 Å². The largest absolute Gasteiger partial charge is 0.373 e. The highest BCUT2D eigenvalue weighted by molar-refractivity contribution is 5.56. The molecule has 0 bridgehead atoms. The van der Waals surface area contributed by atoms with Gasteiger partial charge >= 0.3 is 0 Å². The Hall–Kier alpha value is -1.68. The predicted molar refractivity (Wildman–Crippen MR) is 52.1 cm³/mol. The normalized spacial score (nSPS) is 12.7. The van der Waals surface area contributed by atoms with Crippen LogP contribution in [-0.2, 0) is 0 Å². The third kappa shape index (κ3) is 1.65. The average Bonchev–Trinajstić information content (AvgIpc) is 2.68. The molecule has 1 atom stereocenters. The van der Waals surface area contributed by atoms with E-state index in [0.29, 0.717) is 0 Å². The number of hydrogen-bond donors (Lipinski definition) is 1. The van der Waals surface area contributed by atoms with Crippen LogP contribution in [0.1, 0.15) is 6.23 Å². The van der Waals surface area contributed by atoms with Gasteiger partial charge in [-0.15, -0.1) is 0 Å². The first kappa shape index (κ1) is 8.90. The summed E-state index contributed by atoms with van der Waals surface area (Å²) in [5.41, 5.74) is 1.70. The average molecular weight is 188 g/mol. The van der Waals surface area contributed by atoms with Crippen molar-refractivity contribution in [2.75, 3.05) is 0 Å². The molecule has 1 radical (unpaired) electrons. The molecule has 0 aromatic carbocycles. The molecule has 2 aromatic rings. The van der Waals surface area contributed by atoms with Gasteiger partial charge in [0, 0.05) is 24.2 Å². The van der Waals surface area contributed by atoms with Crippen LogP contribution in [0.25, 0.3) is 11.3 Å². The highest BCUT2D eigenvalue weighted by Crippen LogP contribution is 2.16. The zero-order valence-corrected chi connectivity index (χ0v) is 7.54. The first-order valence-corrected chi connectivity index (χ1v) is 4.22. The van der Waals surface area contributed by atoms with Gasteiger partial charge in [-0.1, -0.05) is 0 Å². The van der Waals surface area contributed by atoms with E-state index in [2.05, 4.69) is 16.9 Å². The van der Waals surface area contributed by atoms with Gasteiger partial charge in [-0.3, -0.25) is 4.98 Å². The highest BCUT2D eigenvalue weighted by Gasteiger charge is 2.04. The summed E-state index contributed by atoms with van der Waals surface area (Å²) in [5, 5.41) is 9.18. The van der Waals surface area contributed by atoms with Crippen LogP contribution in [0, 0.1) is 6.92 Å². The maximum Gasteiger partial charge on any atom is 0.131 e. The predicted octanol–water partition coefficient (Wildman–Crippen LogP) is 1.27. The van der Waals surface area contributed by atoms with E-state index in [1.54, 1.807) is 24.9 Å². The van der Waals surface area contributed by atoms with Crippen molar-refractivity contribution in [1.29, 1.82) is 0 Å². The Kier molecular flexibility index (Phi) is 2.28. The van der Waals surface area contributed by atoms with Gasteiger partial charge in [0.25, 0.3) is 0 Å². The van der Waals surface area contributed by atoms with Crippen molar-refractivity contribution in [3.63, 3.8) is 0 Å². The van der Waals surface area contributed by atoms with Crippen LogP contribution < -0.4 is 0 Å². The minimum absolute atomic E-state index is 0.779. The standard InChI is InChI=1S/C10H10N3O/c1-8(14)13-6-10(12-7-13)9-3-2-4-11-5-9/h2-8,14H,1H2. The summed E-state index contributed by atoms with van der Waals surface area (Å²) < 4.78 is 1.53. The second-order valence-electron chi connectivity index (χ2n) is 2.93. The zero-order valence-electron chi connectivity index (χ0n) is 7.54. The molecule has 4 nitrogen and oxygen atoms in total. The Morgan fingerprint density at radius 1 is 1.50 bits per heavy atom. The summed E-state index contributed by atoms with van der Waals surface area (Å²) in [6, 6.07) is 3.75. The van der Waals surface area contributed by atoms with Crippen molar-refractivity contribution in [2.24, 2.45) is 0 Å². The lowest BCUT2D eigenvalue weighted by molar-refractivity contribution is 0.151. The third-order valence-corrected chi connectivity index (χ3v) is 1.90. The lowest BCUT2D eigenvalue weighted by Gasteiger charge is -2.02. The second-order valence-corrected chi connectivity index (χ2v) is 2.93. The highest BCUT2D eigenvalue weighted by atomic mass is 16.3. The molecule has 1 N–H and O–H groups in total. The molecule has 0 saturated carbocycles. The number of pyridine rings is 1. The van der Waals surface area contributed by atoms with E-state index in [0.717, 1.165) is 11.3 Å². The summed E-state index contributed by atoms with van der Waals surface area (Å²) in [5.74, 6) is 0. The molecular weight excluding hydrogens is 178 g/mol. The van der Waals surface area contributed by atoms with Gasteiger partial charge in [0.2, 0.25) is 0 Å². The SMILES string of the molecule is [CH2]C(O)n1cnc(-c2cccnc2)c1. The van der Waals surface area contributed by atoms with Gasteiger partial charge in [-0.05, 0) is 19.1 Å². The summed E-state index contributed by atoms with van der Waals surface area (Å²) in [4.78, 5) is 8.12. The van der Waals surface area contributed by atoms with Gasteiger partial charge in [0.05, 0.1) is 12.0 Å².